The monoisotopic (exact) mass is 478 g/mol. The lowest BCUT2D eigenvalue weighted by Gasteiger charge is -2.27. The molecular formula is C25H23ClN4O4. The van der Waals surface area contributed by atoms with Crippen molar-refractivity contribution in [3.05, 3.63) is 83.4 Å². The average molecular weight is 479 g/mol. The average Bonchev–Trinajstić information content (AvgIpc) is 3.60. The molecule has 2 aromatic carbocycles. The van der Waals surface area contributed by atoms with E-state index in [0.29, 0.717) is 23.6 Å². The topological polar surface area (TPSA) is 93.5 Å². The van der Waals surface area contributed by atoms with Crippen LogP contribution in [0.5, 0.6) is 0 Å². The fourth-order valence-corrected chi connectivity index (χ4v) is 4.66. The summed E-state index contributed by atoms with van der Waals surface area (Å²) < 4.78 is 7.35. The summed E-state index contributed by atoms with van der Waals surface area (Å²) in [4.78, 5) is 44.6. The van der Waals surface area contributed by atoms with Gasteiger partial charge in [-0.3, -0.25) is 14.4 Å². The fraction of sp³-hybridized carbons (Fsp3) is 0.280. The number of fused-ring (bicyclic) bond motifs is 1. The number of nitrogens with one attached hydrogen (secondary N) is 1. The van der Waals surface area contributed by atoms with Gasteiger partial charge in [0.1, 0.15) is 18.7 Å². The highest BCUT2D eigenvalue weighted by atomic mass is 35.5. The van der Waals surface area contributed by atoms with E-state index in [4.69, 9.17) is 16.3 Å². The summed E-state index contributed by atoms with van der Waals surface area (Å²) in [6, 6.07) is 12.8. The van der Waals surface area contributed by atoms with Crippen LogP contribution in [-0.2, 0) is 20.7 Å². The number of Topliss-reactive ketones (excluding diaryl/α,β-unsaturated/α-hetero) is 1. The Bertz CT molecular complexity index is 1190. The number of carbonyl (C=O) groups excluding carboxylic acids is 3. The molecule has 2 saturated heterocycles. The third-order valence-electron chi connectivity index (χ3n) is 6.28. The highest BCUT2D eigenvalue weighted by Crippen LogP contribution is 2.28. The van der Waals surface area contributed by atoms with Crippen LogP contribution in [0.1, 0.15) is 22.3 Å². The highest BCUT2D eigenvalue weighted by Gasteiger charge is 2.48. The van der Waals surface area contributed by atoms with E-state index >= 15 is 0 Å². The molecule has 0 aliphatic carbocycles. The summed E-state index contributed by atoms with van der Waals surface area (Å²) in [6.07, 6.45) is 5.79. The predicted octanol–water partition coefficient (Wildman–Crippen LogP) is 2.44. The standard InChI is InChI=1S/C25H23ClN4O4/c26-18-5-1-16(2-6-18)13-20(25(33)30-11-9-22-23(30)21(31)14-34-22)28-24(32)17-3-7-19(8-4-17)29-12-10-27-15-29/h1-8,10,12,15,20,22-23H,9,11,13-14H2,(H,28,32). The quantitative estimate of drug-likeness (QED) is 0.587. The molecule has 3 unspecified atom stereocenters. The summed E-state index contributed by atoms with van der Waals surface area (Å²) in [6.45, 7) is 0.448. The smallest absolute Gasteiger partial charge is 0.251 e. The van der Waals surface area contributed by atoms with Crippen molar-refractivity contribution >= 4 is 29.2 Å². The summed E-state index contributed by atoms with van der Waals surface area (Å²) >= 11 is 6.00. The minimum Gasteiger partial charge on any atom is -0.368 e. The maximum absolute atomic E-state index is 13.5. The zero-order valence-corrected chi connectivity index (χ0v) is 19.0. The zero-order valence-electron chi connectivity index (χ0n) is 18.3. The van der Waals surface area contributed by atoms with Gasteiger partial charge in [0.2, 0.25) is 5.91 Å². The number of halogens is 1. The number of rotatable bonds is 6. The van der Waals surface area contributed by atoms with Crippen LogP contribution in [0, 0.1) is 0 Å². The van der Waals surface area contributed by atoms with Crippen LogP contribution < -0.4 is 5.32 Å². The number of carbonyl (C=O) groups is 3. The minimum atomic E-state index is -0.839. The molecule has 1 N–H and O–H groups in total. The molecule has 9 heteroatoms. The number of likely N-dealkylation sites (tertiary alicyclic amines) is 1. The van der Waals surface area contributed by atoms with Gasteiger partial charge in [0, 0.05) is 41.6 Å². The van der Waals surface area contributed by atoms with Gasteiger partial charge >= 0.3 is 0 Å². The normalized spacial score (nSPS) is 20.3. The van der Waals surface area contributed by atoms with Crippen LogP contribution in [0.25, 0.3) is 5.69 Å². The van der Waals surface area contributed by atoms with Gasteiger partial charge in [-0.25, -0.2) is 4.98 Å². The zero-order chi connectivity index (χ0) is 23.7. The first kappa shape index (κ1) is 22.3. The highest BCUT2D eigenvalue weighted by molar-refractivity contribution is 6.30. The van der Waals surface area contributed by atoms with Gasteiger partial charge in [-0.15, -0.1) is 0 Å². The van der Waals surface area contributed by atoms with Crippen molar-refractivity contribution < 1.29 is 19.1 Å². The second-order valence-corrected chi connectivity index (χ2v) is 8.89. The van der Waals surface area contributed by atoms with Crippen molar-refractivity contribution in [2.24, 2.45) is 0 Å². The largest absolute Gasteiger partial charge is 0.368 e. The Morgan fingerprint density at radius 2 is 1.91 bits per heavy atom. The number of ketones is 1. The molecule has 1 aromatic heterocycles. The van der Waals surface area contributed by atoms with Crippen molar-refractivity contribution in [2.45, 2.75) is 31.0 Å². The summed E-state index contributed by atoms with van der Waals surface area (Å²) in [5.41, 5.74) is 2.14. The van der Waals surface area contributed by atoms with Gasteiger partial charge in [-0.2, -0.15) is 0 Å². The Balaban J connectivity index is 1.36. The van der Waals surface area contributed by atoms with Gasteiger partial charge in [0.25, 0.3) is 5.91 Å². The van der Waals surface area contributed by atoms with E-state index < -0.39 is 12.1 Å². The van der Waals surface area contributed by atoms with Crippen molar-refractivity contribution in [1.82, 2.24) is 19.8 Å². The number of nitrogens with zero attached hydrogens (tertiary/aromatic N) is 3. The van der Waals surface area contributed by atoms with Crippen LogP contribution in [0.2, 0.25) is 5.02 Å². The minimum absolute atomic E-state index is 0.0244. The van der Waals surface area contributed by atoms with E-state index in [0.717, 1.165) is 11.3 Å². The number of aromatic nitrogens is 2. The Hall–Kier alpha value is -3.49. The van der Waals surface area contributed by atoms with Crippen LogP contribution in [0.4, 0.5) is 0 Å². The Labute approximate surface area is 201 Å². The van der Waals surface area contributed by atoms with Crippen LogP contribution in [-0.4, -0.2) is 63.4 Å². The van der Waals surface area contributed by atoms with Gasteiger partial charge in [0.05, 0.1) is 12.4 Å². The number of hydrogen-bond donors (Lipinski definition) is 1. The first-order chi connectivity index (χ1) is 16.5. The molecule has 34 heavy (non-hydrogen) atoms. The summed E-state index contributed by atoms with van der Waals surface area (Å²) in [7, 11) is 0. The van der Waals surface area contributed by atoms with E-state index in [2.05, 4.69) is 10.3 Å². The maximum Gasteiger partial charge on any atom is 0.251 e. The molecule has 0 spiro atoms. The van der Waals surface area contributed by atoms with Gasteiger partial charge < -0.3 is 19.5 Å². The van der Waals surface area contributed by atoms with E-state index in [1.807, 2.05) is 35.0 Å². The van der Waals surface area contributed by atoms with E-state index in [1.54, 1.807) is 41.7 Å². The molecule has 2 fully saturated rings. The van der Waals surface area contributed by atoms with Crippen molar-refractivity contribution in [3.8, 4) is 5.69 Å². The molecule has 3 heterocycles. The first-order valence-electron chi connectivity index (χ1n) is 11.1. The van der Waals surface area contributed by atoms with Gasteiger partial charge in [-0.1, -0.05) is 23.7 Å². The summed E-state index contributed by atoms with van der Waals surface area (Å²) in [5, 5.41) is 3.48. The Morgan fingerprint density at radius 3 is 2.62 bits per heavy atom. The Morgan fingerprint density at radius 1 is 1.15 bits per heavy atom. The second-order valence-electron chi connectivity index (χ2n) is 8.45. The summed E-state index contributed by atoms with van der Waals surface area (Å²) in [5.74, 6) is -0.749. The number of amides is 2. The lowest BCUT2D eigenvalue weighted by Crippen LogP contribution is -2.53. The molecule has 0 saturated carbocycles. The molecule has 0 radical (unpaired) electrons. The lowest BCUT2D eigenvalue weighted by atomic mass is 10.0. The first-order valence-corrected chi connectivity index (χ1v) is 11.5. The van der Waals surface area contributed by atoms with Crippen molar-refractivity contribution in [1.29, 1.82) is 0 Å². The number of hydrogen-bond acceptors (Lipinski definition) is 5. The molecule has 3 aromatic rings. The second kappa shape index (κ2) is 9.40. The third kappa shape index (κ3) is 4.47. The molecule has 8 nitrogen and oxygen atoms in total. The molecule has 2 aliphatic rings. The van der Waals surface area contributed by atoms with Crippen molar-refractivity contribution in [3.63, 3.8) is 0 Å². The molecule has 2 aliphatic heterocycles. The molecule has 5 rings (SSSR count). The fourth-order valence-electron chi connectivity index (χ4n) is 4.54. The predicted molar refractivity (Wildman–Crippen MR) is 125 cm³/mol. The Kier molecular flexibility index (Phi) is 6.17. The van der Waals surface area contributed by atoms with E-state index in [1.165, 1.54) is 0 Å². The molecule has 0 bridgehead atoms. The van der Waals surface area contributed by atoms with Gasteiger partial charge in [-0.05, 0) is 48.4 Å². The maximum atomic E-state index is 13.5. The van der Waals surface area contributed by atoms with Crippen LogP contribution in [0.15, 0.2) is 67.3 Å². The van der Waals surface area contributed by atoms with E-state index in [9.17, 15) is 14.4 Å². The van der Waals surface area contributed by atoms with Crippen LogP contribution in [0.3, 0.4) is 0 Å². The number of benzene rings is 2. The molecular weight excluding hydrogens is 456 g/mol. The van der Waals surface area contributed by atoms with E-state index in [-0.39, 0.29) is 36.7 Å². The van der Waals surface area contributed by atoms with Gasteiger partial charge in [0.15, 0.2) is 5.78 Å². The number of ether oxygens (including phenoxy) is 1. The van der Waals surface area contributed by atoms with Crippen LogP contribution >= 0.6 is 11.6 Å². The number of imidazole rings is 1. The SMILES string of the molecule is O=C(NC(Cc1ccc(Cl)cc1)C(=O)N1CCC2OCC(=O)C21)c1ccc(-n2ccnc2)cc1. The lowest BCUT2D eigenvalue weighted by molar-refractivity contribution is -0.138. The van der Waals surface area contributed by atoms with Crippen molar-refractivity contribution in [2.75, 3.05) is 13.2 Å². The molecule has 174 valence electrons. The molecule has 3 atom stereocenters. The third-order valence-corrected chi connectivity index (χ3v) is 6.54. The molecule has 2 amide bonds.